The van der Waals surface area contributed by atoms with E-state index in [0.717, 1.165) is 35.5 Å². The first-order valence-electron chi connectivity index (χ1n) is 13.2. The molecule has 1 aliphatic heterocycles. The second-order valence-corrected chi connectivity index (χ2v) is 12.7. The summed E-state index contributed by atoms with van der Waals surface area (Å²) in [5.74, 6) is -0.627. The van der Waals surface area contributed by atoms with E-state index in [1.54, 1.807) is 12.1 Å². The second-order valence-electron chi connectivity index (χ2n) is 12.2. The highest BCUT2D eigenvalue weighted by Gasteiger charge is 2.46. The number of thiocarbonyl (C=S) groups is 1. The molecule has 8 heteroatoms. The van der Waals surface area contributed by atoms with Crippen LogP contribution in [0.4, 0.5) is 5.69 Å². The van der Waals surface area contributed by atoms with E-state index in [0.29, 0.717) is 29.6 Å². The Morgan fingerprint density at radius 2 is 1.33 bits per heavy atom. The molecule has 2 aromatic carbocycles. The summed E-state index contributed by atoms with van der Waals surface area (Å²) in [5, 5.41) is 6.79. The fourth-order valence-electron chi connectivity index (χ4n) is 5.92. The average Bonchev–Trinajstić information content (AvgIpc) is 2.85. The molecule has 1 heterocycles. The number of hydrogen-bond acceptors (Lipinski definition) is 5. The largest absolute Gasteiger partial charge is 0.362 e. The predicted molar refractivity (Wildman–Crippen MR) is 156 cm³/mol. The number of anilines is 1. The number of rotatable bonds is 3. The molecule has 2 aromatic rings. The van der Waals surface area contributed by atoms with Crippen LogP contribution in [0.2, 0.25) is 0 Å². The SMILES string of the molecule is CC1(C)CC(=O)C2=C(C1)NC1=C(C(=O)CC(C)(C)C1)C2c1ccc(C(=O)NNC(=S)Nc2ccccc2)cc1. The second kappa shape index (κ2) is 10.1. The van der Waals surface area contributed by atoms with Crippen molar-refractivity contribution in [2.24, 2.45) is 10.8 Å². The van der Waals surface area contributed by atoms with Gasteiger partial charge in [0.2, 0.25) is 0 Å². The third-order valence-electron chi connectivity index (χ3n) is 7.55. The van der Waals surface area contributed by atoms with E-state index in [2.05, 4.69) is 49.2 Å². The van der Waals surface area contributed by atoms with Crippen LogP contribution in [0.25, 0.3) is 0 Å². The predicted octanol–water partition coefficient (Wildman–Crippen LogP) is 5.29. The van der Waals surface area contributed by atoms with Gasteiger partial charge in [-0.15, -0.1) is 0 Å². The van der Waals surface area contributed by atoms with E-state index in [1.165, 1.54) is 0 Å². The number of amides is 1. The van der Waals surface area contributed by atoms with Crippen LogP contribution in [0, 0.1) is 10.8 Å². The van der Waals surface area contributed by atoms with Crippen LogP contribution in [-0.2, 0) is 9.59 Å². The lowest BCUT2D eigenvalue weighted by atomic mass is 9.64. The highest BCUT2D eigenvalue weighted by atomic mass is 32.1. The Kier molecular flexibility index (Phi) is 6.93. The van der Waals surface area contributed by atoms with Crippen molar-refractivity contribution in [2.75, 3.05) is 5.32 Å². The van der Waals surface area contributed by atoms with Gasteiger partial charge in [0.05, 0.1) is 0 Å². The van der Waals surface area contributed by atoms with Crippen LogP contribution in [0.3, 0.4) is 0 Å². The molecule has 5 rings (SSSR count). The quantitative estimate of drug-likeness (QED) is 0.309. The van der Waals surface area contributed by atoms with Crippen LogP contribution in [-0.4, -0.2) is 22.6 Å². The van der Waals surface area contributed by atoms with Crippen LogP contribution >= 0.6 is 12.2 Å². The number of para-hydroxylation sites is 1. The number of carbonyl (C=O) groups excluding carboxylic acids is 3. The van der Waals surface area contributed by atoms with Gasteiger partial charge in [-0.2, -0.15) is 0 Å². The van der Waals surface area contributed by atoms with E-state index >= 15 is 0 Å². The molecular formula is C31H34N4O3S. The molecule has 0 atom stereocenters. The van der Waals surface area contributed by atoms with Crippen LogP contribution in [0.15, 0.2) is 77.1 Å². The Morgan fingerprint density at radius 3 is 1.87 bits per heavy atom. The minimum atomic E-state index is -0.429. The molecule has 39 heavy (non-hydrogen) atoms. The van der Waals surface area contributed by atoms with Gasteiger partial charge < -0.3 is 10.6 Å². The highest BCUT2D eigenvalue weighted by Crippen LogP contribution is 2.50. The first-order valence-corrected chi connectivity index (χ1v) is 13.7. The molecule has 0 fully saturated rings. The van der Waals surface area contributed by atoms with Crippen molar-refractivity contribution in [3.05, 3.63) is 88.3 Å². The molecule has 0 bridgehead atoms. The van der Waals surface area contributed by atoms with Gasteiger partial charge in [-0.1, -0.05) is 58.0 Å². The molecule has 0 aromatic heterocycles. The summed E-state index contributed by atoms with van der Waals surface area (Å²) in [7, 11) is 0. The highest BCUT2D eigenvalue weighted by molar-refractivity contribution is 7.80. The van der Waals surface area contributed by atoms with Gasteiger partial charge >= 0.3 is 0 Å². The fraction of sp³-hybridized carbons (Fsp3) is 0.355. The van der Waals surface area contributed by atoms with E-state index < -0.39 is 5.92 Å². The molecule has 0 saturated heterocycles. The number of ketones is 2. The number of nitrogens with one attached hydrogen (secondary N) is 4. The minimum Gasteiger partial charge on any atom is -0.362 e. The van der Waals surface area contributed by atoms with Crippen molar-refractivity contribution in [3.63, 3.8) is 0 Å². The van der Waals surface area contributed by atoms with Gasteiger partial charge in [-0.3, -0.25) is 25.2 Å². The third kappa shape index (κ3) is 5.66. The lowest BCUT2D eigenvalue weighted by molar-refractivity contribution is -0.119. The molecule has 0 saturated carbocycles. The van der Waals surface area contributed by atoms with Crippen LogP contribution < -0.4 is 21.5 Å². The summed E-state index contributed by atoms with van der Waals surface area (Å²) in [5.41, 5.74) is 10.3. The fourth-order valence-corrected chi connectivity index (χ4v) is 6.09. The topological polar surface area (TPSA) is 99.3 Å². The van der Waals surface area contributed by atoms with Crippen molar-refractivity contribution < 1.29 is 14.4 Å². The first-order chi connectivity index (χ1) is 18.4. The molecule has 1 amide bonds. The maximum Gasteiger partial charge on any atom is 0.269 e. The number of benzene rings is 2. The Labute approximate surface area is 234 Å². The molecule has 3 aliphatic rings. The van der Waals surface area contributed by atoms with Gasteiger partial charge in [-0.25, -0.2) is 0 Å². The zero-order valence-corrected chi connectivity index (χ0v) is 23.6. The van der Waals surface area contributed by atoms with Gasteiger partial charge in [-0.05, 0) is 65.7 Å². The van der Waals surface area contributed by atoms with Crippen molar-refractivity contribution >= 4 is 40.5 Å². The number of carbonyl (C=O) groups is 3. The normalized spacial score (nSPS) is 20.0. The number of dihydropyridines is 1. The summed E-state index contributed by atoms with van der Waals surface area (Å²) in [6.45, 7) is 8.42. The standard InChI is InChI=1S/C31H34N4O3S/c1-30(2)14-21-26(23(36)16-30)25(27-22(33-21)15-31(3,4)17-24(27)37)18-10-12-19(13-11-18)28(38)34-35-29(39)32-20-8-6-5-7-9-20/h5-13,25,33H,14-17H2,1-4H3,(H,34,38)(H2,32,35,39). The third-order valence-corrected chi connectivity index (χ3v) is 7.75. The lowest BCUT2D eigenvalue weighted by Gasteiger charge is -2.44. The first kappa shape index (κ1) is 26.8. The van der Waals surface area contributed by atoms with Crippen LogP contribution in [0.1, 0.15) is 75.2 Å². The van der Waals surface area contributed by atoms with Gasteiger partial charge in [0.15, 0.2) is 16.7 Å². The molecule has 2 aliphatic carbocycles. The van der Waals surface area contributed by atoms with Crippen molar-refractivity contribution in [1.29, 1.82) is 0 Å². The molecule has 0 spiro atoms. The molecule has 7 nitrogen and oxygen atoms in total. The molecule has 0 unspecified atom stereocenters. The monoisotopic (exact) mass is 542 g/mol. The van der Waals surface area contributed by atoms with Gasteiger partial charge in [0.25, 0.3) is 5.91 Å². The van der Waals surface area contributed by atoms with Crippen LogP contribution in [0.5, 0.6) is 0 Å². The number of hydrazine groups is 1. The van der Waals surface area contributed by atoms with E-state index in [1.807, 2.05) is 42.5 Å². The van der Waals surface area contributed by atoms with Crippen molar-refractivity contribution in [2.45, 2.75) is 59.3 Å². The summed E-state index contributed by atoms with van der Waals surface area (Å²) in [6.07, 6.45) is 2.38. The number of hydrogen-bond donors (Lipinski definition) is 4. The molecule has 4 N–H and O–H groups in total. The van der Waals surface area contributed by atoms with Crippen molar-refractivity contribution in [1.82, 2.24) is 16.2 Å². The Morgan fingerprint density at radius 1 is 0.795 bits per heavy atom. The lowest BCUT2D eigenvalue weighted by Crippen LogP contribution is -2.43. The molecule has 202 valence electrons. The van der Waals surface area contributed by atoms with Gasteiger partial charge in [0.1, 0.15) is 0 Å². The molecular weight excluding hydrogens is 508 g/mol. The zero-order chi connectivity index (χ0) is 27.9. The summed E-state index contributed by atoms with van der Waals surface area (Å²) in [4.78, 5) is 39.7. The average molecular weight is 543 g/mol. The number of allylic oxidation sites excluding steroid dienone is 4. The maximum atomic E-state index is 13.5. The summed E-state index contributed by atoms with van der Waals surface area (Å²) in [6, 6.07) is 16.5. The summed E-state index contributed by atoms with van der Waals surface area (Å²) < 4.78 is 0. The van der Waals surface area contributed by atoms with E-state index in [9.17, 15) is 14.4 Å². The Bertz CT molecular complexity index is 1370. The smallest absolute Gasteiger partial charge is 0.269 e. The minimum absolute atomic E-state index is 0.0772. The summed E-state index contributed by atoms with van der Waals surface area (Å²) >= 11 is 5.26. The maximum absolute atomic E-state index is 13.5. The van der Waals surface area contributed by atoms with Crippen molar-refractivity contribution in [3.8, 4) is 0 Å². The Hall–Kier alpha value is -3.78. The zero-order valence-electron chi connectivity index (χ0n) is 22.7. The van der Waals surface area contributed by atoms with Gasteiger partial charge in [0, 0.05) is 52.6 Å². The molecule has 0 radical (unpaired) electrons. The van der Waals surface area contributed by atoms with E-state index in [4.69, 9.17) is 12.2 Å². The van der Waals surface area contributed by atoms with E-state index in [-0.39, 0.29) is 33.4 Å². The Balaban J connectivity index is 1.39. The number of Topliss-reactive ketones (excluding diaryl/α,β-unsaturated/α-hetero) is 2.